The van der Waals surface area contributed by atoms with Gasteiger partial charge in [0.05, 0.1) is 4.91 Å². The minimum absolute atomic E-state index is 0.0117. The summed E-state index contributed by atoms with van der Waals surface area (Å²) in [4.78, 5) is 30.8. The molecule has 2 aromatic rings. The number of hydrogen-bond acceptors (Lipinski definition) is 5. The molecule has 0 spiro atoms. The van der Waals surface area contributed by atoms with Gasteiger partial charge >= 0.3 is 0 Å². The molecule has 1 aromatic heterocycles. The number of thiophene rings is 1. The van der Waals surface area contributed by atoms with Crippen LogP contribution in [-0.4, -0.2) is 38.0 Å². The third kappa shape index (κ3) is 5.56. The number of hydrogen-bond donors (Lipinski definition) is 0. The number of thiocarbonyl (C=S) groups is 1. The normalized spacial score (nSPS) is 16.0. The predicted octanol–water partition coefficient (Wildman–Crippen LogP) is 5.17. The summed E-state index contributed by atoms with van der Waals surface area (Å²) in [5.74, 6) is -0.107. The van der Waals surface area contributed by atoms with E-state index in [1.807, 2.05) is 79.6 Å². The van der Waals surface area contributed by atoms with E-state index in [1.54, 1.807) is 16.2 Å². The van der Waals surface area contributed by atoms with Gasteiger partial charge in [0.15, 0.2) is 0 Å². The highest BCUT2D eigenvalue weighted by atomic mass is 32.2. The summed E-state index contributed by atoms with van der Waals surface area (Å²) in [6.07, 6.45) is 2.10. The predicted molar refractivity (Wildman–Crippen MR) is 126 cm³/mol. The van der Waals surface area contributed by atoms with Crippen LogP contribution in [0.4, 0.5) is 0 Å². The molecular formula is C22H24N2O2S3. The second kappa shape index (κ2) is 9.24. The van der Waals surface area contributed by atoms with Crippen molar-refractivity contribution < 1.29 is 9.59 Å². The maximum atomic E-state index is 13.0. The maximum Gasteiger partial charge on any atom is 0.266 e. The fraction of sp³-hybridized carbons (Fsp3) is 0.318. The van der Waals surface area contributed by atoms with Crippen LogP contribution in [0.2, 0.25) is 0 Å². The first-order valence-corrected chi connectivity index (χ1v) is 11.5. The lowest BCUT2D eigenvalue weighted by Crippen LogP contribution is -2.46. The molecule has 0 aliphatic carbocycles. The SMILES string of the molecule is CC(C)(C)N(Cc1ccccc1)C(=O)CCN1C(=O)/C(=C\c2cccs2)SC1=S. The summed E-state index contributed by atoms with van der Waals surface area (Å²) in [6, 6.07) is 13.9. The first-order chi connectivity index (χ1) is 13.8. The number of carbonyl (C=O) groups is 2. The van der Waals surface area contributed by atoms with Gasteiger partial charge in [-0.1, -0.05) is 60.4 Å². The van der Waals surface area contributed by atoms with Gasteiger partial charge in [0.25, 0.3) is 5.91 Å². The first-order valence-electron chi connectivity index (χ1n) is 9.39. The molecule has 1 aromatic carbocycles. The lowest BCUT2D eigenvalue weighted by atomic mass is 10.0. The minimum atomic E-state index is -0.318. The van der Waals surface area contributed by atoms with Gasteiger partial charge in [-0.3, -0.25) is 14.5 Å². The molecular weight excluding hydrogens is 420 g/mol. The third-order valence-electron chi connectivity index (χ3n) is 4.53. The molecule has 0 bridgehead atoms. The van der Waals surface area contributed by atoms with Crippen molar-refractivity contribution in [3.8, 4) is 0 Å². The molecule has 0 radical (unpaired) electrons. The molecule has 2 amide bonds. The number of benzene rings is 1. The fourth-order valence-electron chi connectivity index (χ4n) is 3.00. The average Bonchev–Trinajstić information content (AvgIpc) is 3.27. The highest BCUT2D eigenvalue weighted by Crippen LogP contribution is 2.33. The lowest BCUT2D eigenvalue weighted by molar-refractivity contribution is -0.137. The smallest absolute Gasteiger partial charge is 0.266 e. The molecule has 1 aliphatic heterocycles. The Kier molecular flexibility index (Phi) is 6.93. The third-order valence-corrected chi connectivity index (χ3v) is 6.73. The second-order valence-corrected chi connectivity index (χ2v) is 10.4. The van der Waals surface area contributed by atoms with Crippen molar-refractivity contribution in [3.05, 3.63) is 63.2 Å². The minimum Gasteiger partial charge on any atom is -0.333 e. The largest absolute Gasteiger partial charge is 0.333 e. The van der Waals surface area contributed by atoms with Crippen LogP contribution >= 0.6 is 35.3 Å². The monoisotopic (exact) mass is 444 g/mol. The zero-order valence-electron chi connectivity index (χ0n) is 16.8. The Morgan fingerprint density at radius 3 is 2.52 bits per heavy atom. The highest BCUT2D eigenvalue weighted by Gasteiger charge is 2.33. The van der Waals surface area contributed by atoms with E-state index in [9.17, 15) is 9.59 Å². The molecule has 1 fully saturated rings. The van der Waals surface area contributed by atoms with Crippen LogP contribution in [0.15, 0.2) is 52.7 Å². The zero-order valence-corrected chi connectivity index (χ0v) is 19.2. The van der Waals surface area contributed by atoms with Crippen molar-refractivity contribution in [1.82, 2.24) is 9.80 Å². The molecule has 2 heterocycles. The van der Waals surface area contributed by atoms with Gasteiger partial charge in [-0.15, -0.1) is 11.3 Å². The molecule has 3 rings (SSSR count). The van der Waals surface area contributed by atoms with E-state index in [0.717, 1.165) is 10.4 Å². The number of amides is 2. The molecule has 0 N–H and O–H groups in total. The van der Waals surface area contributed by atoms with E-state index in [0.29, 0.717) is 22.3 Å². The van der Waals surface area contributed by atoms with Gasteiger partial charge in [-0.25, -0.2) is 0 Å². The molecule has 29 heavy (non-hydrogen) atoms. The summed E-state index contributed by atoms with van der Waals surface area (Å²) in [6.45, 7) is 6.91. The van der Waals surface area contributed by atoms with Crippen molar-refractivity contribution in [2.45, 2.75) is 39.3 Å². The van der Waals surface area contributed by atoms with Gasteiger partial charge < -0.3 is 4.90 Å². The summed E-state index contributed by atoms with van der Waals surface area (Å²) < 4.78 is 0.510. The molecule has 0 saturated carbocycles. The number of rotatable bonds is 6. The molecule has 0 unspecified atom stereocenters. The standard InChI is InChI=1S/C22H24N2O2S3/c1-22(2,3)24(15-16-8-5-4-6-9-16)19(25)11-12-23-20(26)18(29-21(23)27)14-17-10-7-13-28-17/h4-10,13-14H,11-12,15H2,1-3H3/b18-14+. The van der Waals surface area contributed by atoms with Crippen molar-refractivity contribution in [1.29, 1.82) is 0 Å². The quantitative estimate of drug-likeness (QED) is 0.455. The van der Waals surface area contributed by atoms with Crippen molar-refractivity contribution >= 4 is 57.5 Å². The number of carbonyl (C=O) groups excluding carboxylic acids is 2. The van der Waals surface area contributed by atoms with Crippen LogP contribution in [0.25, 0.3) is 6.08 Å². The van der Waals surface area contributed by atoms with Gasteiger partial charge in [-0.05, 0) is 43.9 Å². The molecule has 4 nitrogen and oxygen atoms in total. The average molecular weight is 445 g/mol. The van der Waals surface area contributed by atoms with Crippen molar-refractivity contribution in [2.75, 3.05) is 6.54 Å². The van der Waals surface area contributed by atoms with E-state index in [-0.39, 0.29) is 23.8 Å². The van der Waals surface area contributed by atoms with Crippen LogP contribution in [-0.2, 0) is 16.1 Å². The van der Waals surface area contributed by atoms with Crippen LogP contribution < -0.4 is 0 Å². The van der Waals surface area contributed by atoms with E-state index >= 15 is 0 Å². The van der Waals surface area contributed by atoms with E-state index in [4.69, 9.17) is 12.2 Å². The molecule has 7 heteroatoms. The molecule has 1 saturated heterocycles. The topological polar surface area (TPSA) is 40.6 Å². The molecule has 1 aliphatic rings. The Hall–Kier alpha value is -1.96. The summed E-state index contributed by atoms with van der Waals surface area (Å²) >= 11 is 8.27. The van der Waals surface area contributed by atoms with Crippen LogP contribution in [0, 0.1) is 0 Å². The molecule has 152 valence electrons. The highest BCUT2D eigenvalue weighted by molar-refractivity contribution is 8.26. The van der Waals surface area contributed by atoms with Crippen LogP contribution in [0.5, 0.6) is 0 Å². The summed E-state index contributed by atoms with van der Waals surface area (Å²) in [7, 11) is 0. The van der Waals surface area contributed by atoms with E-state index in [2.05, 4.69) is 0 Å². The van der Waals surface area contributed by atoms with Gasteiger partial charge in [-0.2, -0.15) is 0 Å². The van der Waals surface area contributed by atoms with Crippen molar-refractivity contribution in [3.63, 3.8) is 0 Å². The Bertz CT molecular complexity index is 915. The Morgan fingerprint density at radius 1 is 1.17 bits per heavy atom. The van der Waals surface area contributed by atoms with Crippen LogP contribution in [0.1, 0.15) is 37.6 Å². The molecule has 0 atom stereocenters. The Labute approximate surface area is 185 Å². The van der Waals surface area contributed by atoms with Gasteiger partial charge in [0.2, 0.25) is 5.91 Å². The maximum absolute atomic E-state index is 13.0. The van der Waals surface area contributed by atoms with E-state index in [1.165, 1.54) is 11.8 Å². The lowest BCUT2D eigenvalue weighted by Gasteiger charge is -2.36. The first kappa shape index (κ1) is 21.7. The van der Waals surface area contributed by atoms with E-state index < -0.39 is 0 Å². The summed E-state index contributed by atoms with van der Waals surface area (Å²) in [5, 5.41) is 1.97. The number of thioether (sulfide) groups is 1. The Balaban J connectivity index is 1.66. The fourth-order valence-corrected chi connectivity index (χ4v) is 5.03. The summed E-state index contributed by atoms with van der Waals surface area (Å²) in [5.41, 5.74) is 0.766. The number of nitrogens with zero attached hydrogens (tertiary/aromatic N) is 2. The van der Waals surface area contributed by atoms with Gasteiger partial charge in [0, 0.05) is 29.9 Å². The Morgan fingerprint density at radius 2 is 1.90 bits per heavy atom. The van der Waals surface area contributed by atoms with Crippen molar-refractivity contribution in [2.24, 2.45) is 0 Å². The zero-order chi connectivity index (χ0) is 21.0. The van der Waals surface area contributed by atoms with Gasteiger partial charge in [0.1, 0.15) is 4.32 Å². The second-order valence-electron chi connectivity index (χ2n) is 7.74. The van der Waals surface area contributed by atoms with Crippen LogP contribution in [0.3, 0.4) is 0 Å².